The molecule has 4 aliphatic heterocycles. The number of rotatable bonds is 16. The van der Waals surface area contributed by atoms with Gasteiger partial charge in [0, 0.05) is 82.9 Å². The number of esters is 2. The van der Waals surface area contributed by atoms with Crippen LogP contribution in [0.5, 0.6) is 0 Å². The Balaban J connectivity index is 0.000000214. The van der Waals surface area contributed by atoms with E-state index in [1.807, 2.05) is 0 Å². The lowest BCUT2D eigenvalue weighted by atomic mass is 9.94. The molecule has 2 fully saturated rings. The van der Waals surface area contributed by atoms with E-state index in [4.69, 9.17) is 40.6 Å². The van der Waals surface area contributed by atoms with E-state index in [1.165, 1.54) is 65.0 Å². The molecule has 16 nitrogen and oxygen atoms in total. The maximum Gasteiger partial charge on any atom is 0.338 e. The van der Waals surface area contributed by atoms with Gasteiger partial charge >= 0.3 is 17.9 Å². The molecule has 2 saturated heterocycles. The van der Waals surface area contributed by atoms with Crippen molar-refractivity contribution in [2.24, 2.45) is 9.98 Å². The summed E-state index contributed by atoms with van der Waals surface area (Å²) in [6, 6.07) is 5.91. The molecule has 6 heterocycles. The van der Waals surface area contributed by atoms with Gasteiger partial charge in [0.25, 0.3) is 11.8 Å². The van der Waals surface area contributed by atoms with E-state index in [2.05, 4.69) is 41.5 Å². The van der Waals surface area contributed by atoms with Crippen molar-refractivity contribution in [1.29, 1.82) is 0 Å². The normalized spacial score (nSPS) is 22.0. The number of ether oxygens (including phenoxy) is 4. The number of hydrogen-bond donors (Lipinski definition) is 3. The van der Waals surface area contributed by atoms with Gasteiger partial charge in [0.05, 0.1) is 37.4 Å². The second kappa shape index (κ2) is 24.4. The number of methoxy groups -OCH3 is 1. The SMILES string of the molecule is CCOC(=O)C1=C(CN2CCC(OC)C(F)(F)C2)NC(c2nccs2)=NC1c1ccc(F)cc1Cl.CCOC(=O)C1=C(CN2CCC(OCC(=O)O)C(F)(F)C2)NC(c2nccs2)=N[C@H]1c1ccc(F)cc1Br. The number of carboxylic acids is 1. The third-order valence-electron chi connectivity index (χ3n) is 11.7. The van der Waals surface area contributed by atoms with Crippen molar-refractivity contribution in [1.82, 2.24) is 30.4 Å². The van der Waals surface area contributed by atoms with Crippen molar-refractivity contribution in [3.63, 3.8) is 0 Å². The van der Waals surface area contributed by atoms with Crippen LogP contribution < -0.4 is 10.6 Å². The van der Waals surface area contributed by atoms with Crippen molar-refractivity contribution < 1.29 is 64.8 Å². The van der Waals surface area contributed by atoms with Gasteiger partial charge in [-0.25, -0.2) is 50.7 Å². The van der Waals surface area contributed by atoms with Crippen LogP contribution in [0, 0.1) is 11.6 Å². The van der Waals surface area contributed by atoms with Gasteiger partial charge in [-0.2, -0.15) is 0 Å². The highest BCUT2D eigenvalue weighted by molar-refractivity contribution is 9.10. The number of alkyl halides is 4. The number of nitrogens with zero attached hydrogens (tertiary/aromatic N) is 6. The van der Waals surface area contributed by atoms with Gasteiger partial charge in [-0.1, -0.05) is 39.7 Å². The van der Waals surface area contributed by atoms with Gasteiger partial charge in [-0.15, -0.1) is 22.7 Å². The molecule has 73 heavy (non-hydrogen) atoms. The van der Waals surface area contributed by atoms with Gasteiger partial charge in [0.1, 0.15) is 42.5 Å². The summed E-state index contributed by atoms with van der Waals surface area (Å²) in [4.78, 5) is 58.0. The third-order valence-corrected chi connectivity index (χ3v) is 14.3. The smallest absolute Gasteiger partial charge is 0.338 e. The molecule has 2 aromatic carbocycles. The molecule has 0 amide bonds. The van der Waals surface area contributed by atoms with Crippen molar-refractivity contribution in [3.8, 4) is 0 Å². The Bertz CT molecular complexity index is 2770. The number of aromatic nitrogens is 2. The second-order valence-electron chi connectivity index (χ2n) is 16.7. The summed E-state index contributed by atoms with van der Waals surface area (Å²) in [5.41, 5.74) is 1.73. The molecule has 8 rings (SSSR count). The van der Waals surface area contributed by atoms with Gasteiger partial charge in [0.15, 0.2) is 21.7 Å². The monoisotopic (exact) mass is 1140 g/mol. The zero-order valence-corrected chi connectivity index (χ0v) is 43.2. The number of nitrogens with one attached hydrogen (secondary N) is 2. The first-order valence-corrected chi connectivity index (χ1v) is 25.5. The summed E-state index contributed by atoms with van der Waals surface area (Å²) in [6.07, 6.45) is 0.497. The van der Waals surface area contributed by atoms with Crippen LogP contribution >= 0.6 is 50.2 Å². The maximum absolute atomic E-state index is 14.9. The molecule has 0 radical (unpaired) electrons. The standard InChI is InChI=1S/C24H24BrF3N4O5S.C23H24ClF3N4O3S/c1-2-36-23(35)19-16(10-32-7-5-17(24(27,28)12-32)37-11-18(33)34)30-21(22-29-6-8-38-22)31-20(19)14-4-3-13(26)9-15(14)25;1-3-34-22(32)18-16(11-31-8-6-17(33-2)23(26,27)12-31)29-20(21-28-7-9-35-21)30-19(18)14-5-4-13(25)10-15(14)24/h3-4,6,8-9,17,20H,2,5,7,10-12H2,1H3,(H,30,31)(H,33,34);4-5,7,9-10,17,19H,3,6,8,11-12H2,1-2H3,(H,29,30)/t17?,20-;/m0./s1. The molecule has 0 spiro atoms. The van der Waals surface area contributed by atoms with Crippen LogP contribution in [0.4, 0.5) is 26.3 Å². The molecule has 4 aromatic rings. The molecule has 3 N–H and O–H groups in total. The van der Waals surface area contributed by atoms with Crippen LogP contribution in [0.2, 0.25) is 5.02 Å². The number of aliphatic imine (C=N–C) groups is 2. The summed E-state index contributed by atoms with van der Waals surface area (Å²) in [7, 11) is 1.27. The number of carbonyl (C=O) groups is 3. The minimum absolute atomic E-state index is 0.000118. The van der Waals surface area contributed by atoms with E-state index in [0.29, 0.717) is 55.2 Å². The first-order chi connectivity index (χ1) is 34.8. The number of amidine groups is 2. The highest BCUT2D eigenvalue weighted by Gasteiger charge is 2.48. The van der Waals surface area contributed by atoms with Gasteiger partial charge in [-0.3, -0.25) is 19.8 Å². The highest BCUT2D eigenvalue weighted by atomic mass is 79.9. The number of thiazole rings is 2. The van der Waals surface area contributed by atoms with Crippen molar-refractivity contribution in [2.45, 2.75) is 62.8 Å². The first-order valence-electron chi connectivity index (χ1n) is 22.6. The average molecular weight is 1150 g/mol. The Labute approximate surface area is 436 Å². The van der Waals surface area contributed by atoms with E-state index in [0.717, 1.165) is 6.07 Å². The minimum Gasteiger partial charge on any atom is -0.480 e. The molecular formula is C47H48BrClF6N8O8S2. The molecule has 392 valence electrons. The summed E-state index contributed by atoms with van der Waals surface area (Å²) in [6.45, 7) is 1.80. The molecule has 4 atom stereocenters. The predicted octanol–water partition coefficient (Wildman–Crippen LogP) is 7.96. The Kier molecular flexibility index (Phi) is 18.5. The number of halogens is 8. The van der Waals surface area contributed by atoms with Crippen LogP contribution in [0.3, 0.4) is 0 Å². The van der Waals surface area contributed by atoms with Crippen LogP contribution in [0.1, 0.15) is 59.9 Å². The van der Waals surface area contributed by atoms with E-state index in [9.17, 15) is 40.7 Å². The van der Waals surface area contributed by atoms with Gasteiger partial charge in [-0.05, 0) is 56.5 Å². The number of piperidine rings is 2. The topological polar surface area (TPSA) is 189 Å². The third kappa shape index (κ3) is 13.5. The summed E-state index contributed by atoms with van der Waals surface area (Å²) in [5.74, 6) is -9.41. The molecular weight excluding hydrogens is 1100 g/mol. The summed E-state index contributed by atoms with van der Waals surface area (Å²) < 4.78 is 107. The van der Waals surface area contributed by atoms with Gasteiger partial charge in [0.2, 0.25) is 0 Å². The van der Waals surface area contributed by atoms with Gasteiger partial charge < -0.3 is 34.7 Å². The lowest BCUT2D eigenvalue weighted by Gasteiger charge is -2.39. The zero-order chi connectivity index (χ0) is 52.6. The lowest BCUT2D eigenvalue weighted by Crippen LogP contribution is -2.54. The zero-order valence-electron chi connectivity index (χ0n) is 39.2. The van der Waals surface area contributed by atoms with Crippen LogP contribution in [0.15, 0.2) is 96.5 Å². The molecule has 26 heteroatoms. The summed E-state index contributed by atoms with van der Waals surface area (Å²) >= 11 is 12.3. The molecule has 0 saturated carbocycles. The fourth-order valence-corrected chi connectivity index (χ4v) is 10.5. The molecule has 2 aromatic heterocycles. The van der Waals surface area contributed by atoms with E-state index in [-0.39, 0.29) is 61.9 Å². The van der Waals surface area contributed by atoms with E-state index < -0.39 is 85.4 Å². The Morgan fingerprint density at radius 2 is 1.26 bits per heavy atom. The number of aliphatic carboxylic acids is 1. The van der Waals surface area contributed by atoms with Crippen molar-refractivity contribution >= 4 is 79.8 Å². The number of carboxylic acid groups (broad SMARTS) is 1. The van der Waals surface area contributed by atoms with Crippen molar-refractivity contribution in [3.05, 3.63) is 124 Å². The minimum atomic E-state index is -3.32. The summed E-state index contributed by atoms with van der Waals surface area (Å²) in [5, 5.41) is 19.6. The Morgan fingerprint density at radius 1 is 0.781 bits per heavy atom. The molecule has 3 unspecified atom stereocenters. The number of likely N-dealkylation sites (tertiary alicyclic amines) is 2. The highest BCUT2D eigenvalue weighted by Crippen LogP contribution is 2.40. The molecule has 0 bridgehead atoms. The maximum atomic E-state index is 14.9. The van der Waals surface area contributed by atoms with Crippen LogP contribution in [-0.4, -0.2) is 145 Å². The fraction of sp³-hybridized carbons (Fsp3) is 0.426. The number of carbonyl (C=O) groups excluding carboxylic acids is 2. The number of benzene rings is 2. The first kappa shape index (κ1) is 55.5. The average Bonchev–Trinajstić information content (AvgIpc) is 4.08. The Morgan fingerprint density at radius 3 is 1.68 bits per heavy atom. The molecule has 4 aliphatic rings. The van der Waals surface area contributed by atoms with Crippen molar-refractivity contribution in [2.75, 3.05) is 66.2 Å². The Hall–Kier alpha value is -5.28. The largest absolute Gasteiger partial charge is 0.480 e. The predicted molar refractivity (Wildman–Crippen MR) is 262 cm³/mol. The van der Waals surface area contributed by atoms with Crippen LogP contribution in [-0.2, 0) is 33.3 Å². The van der Waals surface area contributed by atoms with E-state index in [1.54, 1.807) is 41.9 Å². The fourth-order valence-electron chi connectivity index (χ4n) is 8.50. The quantitative estimate of drug-likeness (QED) is 0.0724. The van der Waals surface area contributed by atoms with Crippen LogP contribution in [0.25, 0.3) is 0 Å². The van der Waals surface area contributed by atoms with E-state index >= 15 is 0 Å². The lowest BCUT2D eigenvalue weighted by molar-refractivity contribution is -0.180. The second-order valence-corrected chi connectivity index (χ2v) is 19.7. The molecule has 0 aliphatic carbocycles. The number of hydrogen-bond acceptors (Lipinski definition) is 17.